The molecule has 0 aliphatic carbocycles. The Labute approximate surface area is 113 Å². The van der Waals surface area contributed by atoms with Crippen LogP contribution in [0.3, 0.4) is 0 Å². The Bertz CT molecular complexity index is 209. The van der Waals surface area contributed by atoms with Gasteiger partial charge in [-0.2, -0.15) is 0 Å². The molecular weight excluding hydrogens is 284 g/mol. The van der Waals surface area contributed by atoms with E-state index in [-0.39, 0.29) is 16.7 Å². The molecule has 1 aliphatic heterocycles. The first-order valence-corrected chi connectivity index (χ1v) is 7.58. The molecule has 1 saturated heterocycles. The van der Waals surface area contributed by atoms with Crippen molar-refractivity contribution in [3.8, 4) is 0 Å². The third-order valence-corrected chi connectivity index (χ3v) is 4.46. The highest BCUT2D eigenvalue weighted by molar-refractivity contribution is 9.09. The highest BCUT2D eigenvalue weighted by atomic mass is 79.9. The highest BCUT2D eigenvalue weighted by Crippen LogP contribution is 2.27. The summed E-state index contributed by atoms with van der Waals surface area (Å²) in [7, 11) is 0. The Morgan fingerprint density at radius 3 is 2.59 bits per heavy atom. The number of ether oxygens (including phenoxy) is 1. The van der Waals surface area contributed by atoms with E-state index in [1.165, 1.54) is 25.7 Å². The van der Waals surface area contributed by atoms with Crippen LogP contribution in [0.15, 0.2) is 0 Å². The van der Waals surface area contributed by atoms with Gasteiger partial charge in [0, 0.05) is 6.42 Å². The lowest BCUT2D eigenvalue weighted by Crippen LogP contribution is -2.35. The number of hydrogen-bond donors (Lipinski definition) is 0. The predicted molar refractivity (Wildman–Crippen MR) is 72.1 cm³/mol. The molecule has 1 aliphatic rings. The van der Waals surface area contributed by atoms with E-state index in [4.69, 9.17) is 14.5 Å². The zero-order chi connectivity index (χ0) is 12.7. The van der Waals surface area contributed by atoms with E-state index in [0.29, 0.717) is 6.61 Å². The van der Waals surface area contributed by atoms with Crippen LogP contribution in [-0.2, 0) is 14.5 Å². The molecule has 0 N–H and O–H groups in total. The second-order valence-electron chi connectivity index (χ2n) is 5.22. The molecule has 102 valence electrons. The van der Waals surface area contributed by atoms with Crippen molar-refractivity contribution >= 4 is 15.9 Å². The number of halogens is 1. The first kappa shape index (κ1) is 15.4. The van der Waals surface area contributed by atoms with Gasteiger partial charge in [0.15, 0.2) is 6.29 Å². The van der Waals surface area contributed by atoms with Crippen LogP contribution in [0.5, 0.6) is 0 Å². The summed E-state index contributed by atoms with van der Waals surface area (Å²) >= 11 is 3.56. The van der Waals surface area contributed by atoms with Crippen molar-refractivity contribution in [2.75, 3.05) is 6.61 Å². The summed E-state index contributed by atoms with van der Waals surface area (Å²) in [5.74, 6) is 0. The second-order valence-corrected chi connectivity index (χ2v) is 6.32. The largest absolute Gasteiger partial charge is 0.348 e. The molecule has 1 rings (SSSR count). The van der Waals surface area contributed by atoms with E-state index >= 15 is 0 Å². The van der Waals surface area contributed by atoms with Crippen molar-refractivity contribution in [3.63, 3.8) is 0 Å². The van der Waals surface area contributed by atoms with Crippen LogP contribution in [0, 0.1) is 0 Å². The summed E-state index contributed by atoms with van der Waals surface area (Å²) in [6, 6.07) is 0. The Morgan fingerprint density at radius 1 is 1.18 bits per heavy atom. The van der Waals surface area contributed by atoms with Crippen molar-refractivity contribution in [1.82, 2.24) is 0 Å². The molecule has 0 saturated carbocycles. The monoisotopic (exact) mass is 308 g/mol. The summed E-state index contributed by atoms with van der Waals surface area (Å²) in [6.45, 7) is 6.86. The SMILES string of the molecule is CCCCCCCC1OCC(Br)C(C)(C)OO1. The second kappa shape index (κ2) is 7.72. The first-order valence-electron chi connectivity index (χ1n) is 6.66. The van der Waals surface area contributed by atoms with Gasteiger partial charge >= 0.3 is 0 Å². The minimum Gasteiger partial charge on any atom is -0.348 e. The normalized spacial score (nSPS) is 28.9. The van der Waals surface area contributed by atoms with E-state index in [9.17, 15) is 0 Å². The Morgan fingerprint density at radius 2 is 1.88 bits per heavy atom. The first-order chi connectivity index (χ1) is 8.06. The van der Waals surface area contributed by atoms with Crippen LogP contribution in [0.1, 0.15) is 59.3 Å². The molecule has 2 atom stereocenters. The molecule has 4 heteroatoms. The minimum absolute atomic E-state index is 0.167. The molecule has 17 heavy (non-hydrogen) atoms. The molecule has 0 radical (unpaired) electrons. The van der Waals surface area contributed by atoms with Gasteiger partial charge in [0.25, 0.3) is 0 Å². The number of alkyl halides is 1. The predicted octanol–water partition coefficient (Wildman–Crippen LogP) is 4.19. The summed E-state index contributed by atoms with van der Waals surface area (Å²) in [5, 5.41) is 0. The van der Waals surface area contributed by atoms with Gasteiger partial charge in [0.05, 0.1) is 11.4 Å². The smallest absolute Gasteiger partial charge is 0.191 e. The molecule has 1 fully saturated rings. The average Bonchev–Trinajstić information content (AvgIpc) is 2.41. The van der Waals surface area contributed by atoms with Crippen molar-refractivity contribution in [1.29, 1.82) is 0 Å². The standard InChI is InChI=1S/C13H25BrO3/c1-4-5-6-7-8-9-12-15-10-11(14)13(2,3)17-16-12/h11-12H,4-10H2,1-3H3. The zero-order valence-electron chi connectivity index (χ0n) is 11.2. The molecule has 1 heterocycles. The van der Waals surface area contributed by atoms with Crippen molar-refractivity contribution < 1.29 is 14.5 Å². The fourth-order valence-corrected chi connectivity index (χ4v) is 1.93. The molecule has 0 aromatic rings. The number of hydrogen-bond acceptors (Lipinski definition) is 3. The zero-order valence-corrected chi connectivity index (χ0v) is 12.8. The maximum Gasteiger partial charge on any atom is 0.191 e. The topological polar surface area (TPSA) is 27.7 Å². The van der Waals surface area contributed by atoms with Gasteiger partial charge < -0.3 is 4.74 Å². The third kappa shape index (κ3) is 5.69. The molecular formula is C13H25BrO3. The molecule has 0 bridgehead atoms. The third-order valence-electron chi connectivity index (χ3n) is 3.10. The fraction of sp³-hybridized carbons (Fsp3) is 1.00. The summed E-state index contributed by atoms with van der Waals surface area (Å²) < 4.78 is 5.66. The van der Waals surface area contributed by atoms with Crippen molar-refractivity contribution in [2.24, 2.45) is 0 Å². The lowest BCUT2D eigenvalue weighted by atomic mass is 10.1. The van der Waals surface area contributed by atoms with E-state index in [2.05, 4.69) is 22.9 Å². The number of unbranched alkanes of at least 4 members (excludes halogenated alkanes) is 4. The average molecular weight is 309 g/mol. The maximum absolute atomic E-state index is 5.66. The minimum atomic E-state index is -0.336. The van der Waals surface area contributed by atoms with Crippen LogP contribution in [0.2, 0.25) is 0 Å². The molecule has 0 spiro atoms. The van der Waals surface area contributed by atoms with E-state index in [0.717, 1.165) is 12.8 Å². The van der Waals surface area contributed by atoms with Gasteiger partial charge in [-0.05, 0) is 20.3 Å². The van der Waals surface area contributed by atoms with Crippen LogP contribution in [0.25, 0.3) is 0 Å². The van der Waals surface area contributed by atoms with Gasteiger partial charge in [-0.15, -0.1) is 0 Å². The van der Waals surface area contributed by atoms with E-state index in [1.807, 2.05) is 13.8 Å². The lowest BCUT2D eigenvalue weighted by Gasteiger charge is -2.24. The molecule has 0 aromatic carbocycles. The van der Waals surface area contributed by atoms with Gasteiger partial charge in [-0.25, -0.2) is 9.78 Å². The lowest BCUT2D eigenvalue weighted by molar-refractivity contribution is -0.401. The number of rotatable bonds is 6. The van der Waals surface area contributed by atoms with Crippen molar-refractivity contribution in [3.05, 3.63) is 0 Å². The van der Waals surface area contributed by atoms with Crippen LogP contribution in [0.4, 0.5) is 0 Å². The van der Waals surface area contributed by atoms with Gasteiger partial charge in [-0.3, -0.25) is 0 Å². The summed E-state index contributed by atoms with van der Waals surface area (Å²) in [4.78, 5) is 10.9. The Balaban J connectivity index is 2.18. The van der Waals surface area contributed by atoms with Crippen LogP contribution in [-0.4, -0.2) is 23.3 Å². The quantitative estimate of drug-likeness (QED) is 0.418. The molecule has 0 aromatic heterocycles. The Hall–Kier alpha value is 0.360. The summed E-state index contributed by atoms with van der Waals surface area (Å²) in [5.41, 5.74) is -0.336. The van der Waals surface area contributed by atoms with E-state index < -0.39 is 0 Å². The molecule has 3 nitrogen and oxygen atoms in total. The highest BCUT2D eigenvalue weighted by Gasteiger charge is 2.34. The molecule has 0 amide bonds. The van der Waals surface area contributed by atoms with E-state index in [1.54, 1.807) is 0 Å². The maximum atomic E-state index is 5.66. The van der Waals surface area contributed by atoms with Gasteiger partial charge in [0.2, 0.25) is 0 Å². The van der Waals surface area contributed by atoms with Crippen LogP contribution < -0.4 is 0 Å². The van der Waals surface area contributed by atoms with Crippen LogP contribution >= 0.6 is 15.9 Å². The van der Waals surface area contributed by atoms with Gasteiger partial charge in [0.1, 0.15) is 5.60 Å². The van der Waals surface area contributed by atoms with Crippen molar-refractivity contribution in [2.45, 2.75) is 76.0 Å². The molecule has 2 unspecified atom stereocenters. The van der Waals surface area contributed by atoms with Gasteiger partial charge in [-0.1, -0.05) is 48.5 Å². The Kier molecular flexibility index (Phi) is 7.00. The summed E-state index contributed by atoms with van der Waals surface area (Å²) in [6.07, 6.45) is 6.99. The fourth-order valence-electron chi connectivity index (χ4n) is 1.70.